The second-order valence-electron chi connectivity index (χ2n) is 12.2. The highest BCUT2D eigenvalue weighted by Crippen LogP contribution is 2.72. The van der Waals surface area contributed by atoms with Crippen molar-refractivity contribution in [3.05, 3.63) is 11.6 Å². The quantitative estimate of drug-likeness (QED) is 0.511. The fraction of sp³-hybridized carbons (Fsp3) is 0.846. The number of aliphatic hydroxyl groups excluding tert-OH is 1. The predicted molar refractivity (Wildman–Crippen MR) is 117 cm³/mol. The summed E-state index contributed by atoms with van der Waals surface area (Å²) in [6.45, 7) is 11.9. The first-order chi connectivity index (χ1) is 14.0. The molecule has 4 aliphatic rings. The summed E-state index contributed by atoms with van der Waals surface area (Å²) in [4.78, 5) is 24.7. The van der Waals surface area contributed by atoms with E-state index in [0.29, 0.717) is 22.8 Å². The van der Waals surface area contributed by atoms with Crippen LogP contribution in [0.3, 0.4) is 0 Å². The molecule has 0 amide bonds. The first-order valence-corrected chi connectivity index (χ1v) is 11.9. The summed E-state index contributed by atoms with van der Waals surface area (Å²) >= 11 is 0. The summed E-state index contributed by atoms with van der Waals surface area (Å²) in [6.07, 6.45) is 9.84. The first kappa shape index (κ1) is 22.0. The van der Waals surface area contributed by atoms with Gasteiger partial charge in [0.25, 0.3) is 0 Å². The number of carbonyl (C=O) groups is 2. The number of esters is 1. The normalized spacial score (nSPS) is 49.7. The van der Waals surface area contributed by atoms with Gasteiger partial charge in [0.2, 0.25) is 0 Å². The number of ether oxygens (including phenoxy) is 1. The zero-order valence-corrected chi connectivity index (χ0v) is 19.7. The average molecular weight is 417 g/mol. The minimum atomic E-state index is -0.626. The number of aldehydes is 1. The van der Waals surface area contributed by atoms with Crippen molar-refractivity contribution in [2.45, 2.75) is 85.7 Å². The number of carbonyl (C=O) groups excluding carboxylic acids is 2. The Balaban J connectivity index is 1.80. The van der Waals surface area contributed by atoms with Crippen molar-refractivity contribution in [2.75, 3.05) is 7.11 Å². The number of hydrogen-bond acceptors (Lipinski definition) is 4. The third-order valence-electron chi connectivity index (χ3n) is 10.7. The third-order valence-corrected chi connectivity index (χ3v) is 10.7. The van der Waals surface area contributed by atoms with Crippen molar-refractivity contribution in [3.63, 3.8) is 0 Å². The summed E-state index contributed by atoms with van der Waals surface area (Å²) in [5.74, 6) is 0.266. The summed E-state index contributed by atoms with van der Waals surface area (Å²) < 4.78 is 4.98. The van der Waals surface area contributed by atoms with E-state index in [0.717, 1.165) is 25.5 Å². The molecule has 0 aromatic rings. The monoisotopic (exact) mass is 416 g/mol. The Morgan fingerprint density at radius 1 is 1.07 bits per heavy atom. The van der Waals surface area contributed by atoms with Crippen molar-refractivity contribution in [3.8, 4) is 0 Å². The fourth-order valence-corrected chi connectivity index (χ4v) is 9.26. The molecule has 3 saturated carbocycles. The maximum Gasteiger partial charge on any atom is 0.334 e. The maximum atomic E-state index is 12.4. The van der Waals surface area contributed by atoms with Gasteiger partial charge in [0.15, 0.2) is 0 Å². The summed E-state index contributed by atoms with van der Waals surface area (Å²) in [5.41, 5.74) is 0.437. The standard InChI is InChI=1S/C26H40O4/c1-23(2)11-7-12-24(3)18(23)10-13-25(4)19-9-8-16(22(29)30-6)17(15-27)26(19,5)21(28)14-20(24)25/h8,15,17-21,28H,7,9-14H2,1-6H3/t17-,18?,19?,20?,21+,24-,25-,26+/m0/s1. The van der Waals surface area contributed by atoms with Crippen LogP contribution in [0, 0.1) is 45.3 Å². The Labute approximate surface area is 181 Å². The molecule has 0 saturated heterocycles. The highest BCUT2D eigenvalue weighted by Gasteiger charge is 2.68. The highest BCUT2D eigenvalue weighted by atomic mass is 16.5. The molecule has 8 atom stereocenters. The van der Waals surface area contributed by atoms with Crippen molar-refractivity contribution in [1.82, 2.24) is 0 Å². The van der Waals surface area contributed by atoms with Crippen molar-refractivity contribution in [2.24, 2.45) is 45.3 Å². The number of aliphatic hydroxyl groups is 1. The number of fused-ring (bicyclic) bond motifs is 5. The lowest BCUT2D eigenvalue weighted by Gasteiger charge is -2.70. The van der Waals surface area contributed by atoms with Gasteiger partial charge in [0.05, 0.1) is 19.1 Å². The molecule has 30 heavy (non-hydrogen) atoms. The molecule has 168 valence electrons. The molecule has 4 nitrogen and oxygen atoms in total. The van der Waals surface area contributed by atoms with Crippen LogP contribution in [0.15, 0.2) is 11.6 Å². The van der Waals surface area contributed by atoms with Crippen molar-refractivity contribution >= 4 is 12.3 Å². The minimum Gasteiger partial charge on any atom is -0.466 e. The zero-order valence-electron chi connectivity index (χ0n) is 19.7. The molecule has 0 radical (unpaired) electrons. The highest BCUT2D eigenvalue weighted by molar-refractivity contribution is 5.93. The van der Waals surface area contributed by atoms with Crippen LogP contribution >= 0.6 is 0 Å². The molecule has 3 unspecified atom stereocenters. The van der Waals surface area contributed by atoms with Gasteiger partial charge in [0.1, 0.15) is 6.29 Å². The summed E-state index contributed by atoms with van der Waals surface area (Å²) in [6, 6.07) is 0. The zero-order chi connectivity index (χ0) is 22.1. The van der Waals surface area contributed by atoms with Gasteiger partial charge in [-0.3, -0.25) is 0 Å². The molecule has 3 fully saturated rings. The molecule has 0 aliphatic heterocycles. The van der Waals surface area contributed by atoms with Crippen molar-refractivity contribution < 1.29 is 19.4 Å². The number of methoxy groups -OCH3 is 1. The van der Waals surface area contributed by atoms with Crippen LogP contribution in [-0.4, -0.2) is 30.6 Å². The summed E-state index contributed by atoms with van der Waals surface area (Å²) in [7, 11) is 1.36. The Morgan fingerprint density at radius 3 is 2.37 bits per heavy atom. The Morgan fingerprint density at radius 2 is 1.73 bits per heavy atom. The predicted octanol–water partition coefficient (Wildman–Crippen LogP) is 4.94. The molecule has 4 heteroatoms. The van der Waals surface area contributed by atoms with E-state index in [1.807, 2.05) is 6.08 Å². The van der Waals surface area contributed by atoms with Gasteiger partial charge in [-0.15, -0.1) is 0 Å². The summed E-state index contributed by atoms with van der Waals surface area (Å²) in [5, 5.41) is 11.6. The van der Waals surface area contributed by atoms with E-state index < -0.39 is 23.4 Å². The van der Waals surface area contributed by atoms with Crippen LogP contribution in [0.25, 0.3) is 0 Å². The average Bonchev–Trinajstić information content (AvgIpc) is 2.68. The lowest BCUT2D eigenvalue weighted by atomic mass is 9.35. The van der Waals surface area contributed by atoms with Gasteiger partial charge in [0, 0.05) is 11.0 Å². The van der Waals surface area contributed by atoms with E-state index >= 15 is 0 Å². The number of hydrogen-bond donors (Lipinski definition) is 1. The molecule has 4 aliphatic carbocycles. The van der Waals surface area contributed by atoms with Crippen LogP contribution in [-0.2, 0) is 14.3 Å². The smallest absolute Gasteiger partial charge is 0.334 e. The Bertz CT molecular complexity index is 769. The maximum absolute atomic E-state index is 12.4. The molecular weight excluding hydrogens is 376 g/mol. The van der Waals surface area contributed by atoms with Crippen LogP contribution in [0.5, 0.6) is 0 Å². The van der Waals surface area contributed by atoms with E-state index in [9.17, 15) is 14.7 Å². The van der Waals surface area contributed by atoms with Gasteiger partial charge in [-0.2, -0.15) is 0 Å². The Kier molecular flexibility index (Phi) is 5.08. The minimum absolute atomic E-state index is 0.0616. The number of rotatable bonds is 2. The van der Waals surface area contributed by atoms with Gasteiger partial charge >= 0.3 is 5.97 Å². The van der Waals surface area contributed by atoms with Crippen LogP contribution < -0.4 is 0 Å². The van der Waals surface area contributed by atoms with E-state index in [-0.39, 0.29) is 16.7 Å². The lowest BCUT2D eigenvalue weighted by Crippen LogP contribution is -2.66. The molecule has 4 rings (SSSR count). The molecule has 0 aromatic carbocycles. The van der Waals surface area contributed by atoms with Gasteiger partial charge in [-0.1, -0.05) is 47.1 Å². The van der Waals surface area contributed by atoms with Gasteiger partial charge < -0.3 is 14.6 Å². The fourth-order valence-electron chi connectivity index (χ4n) is 9.26. The SMILES string of the molecule is COC(=O)C1=CCC2[C@]3(C)CCC4C(C)(C)CCC[C@]4(C)C3C[C@@H](O)[C@]2(C)[C@H]1C=O. The largest absolute Gasteiger partial charge is 0.466 e. The second-order valence-corrected chi connectivity index (χ2v) is 12.2. The molecule has 1 N–H and O–H groups in total. The topological polar surface area (TPSA) is 63.6 Å². The third kappa shape index (κ3) is 2.68. The van der Waals surface area contributed by atoms with Crippen LogP contribution in [0.2, 0.25) is 0 Å². The molecule has 0 aromatic heterocycles. The molecular formula is C26H40O4. The van der Waals surface area contributed by atoms with Crippen LogP contribution in [0.1, 0.15) is 79.6 Å². The van der Waals surface area contributed by atoms with Gasteiger partial charge in [-0.05, 0) is 72.5 Å². The Hall–Kier alpha value is -1.16. The molecule has 0 spiro atoms. The van der Waals surface area contributed by atoms with Crippen LogP contribution in [0.4, 0.5) is 0 Å². The first-order valence-electron chi connectivity index (χ1n) is 11.9. The lowest BCUT2D eigenvalue weighted by molar-refractivity contribution is -0.231. The molecule has 0 heterocycles. The van der Waals surface area contributed by atoms with Crippen molar-refractivity contribution in [1.29, 1.82) is 0 Å². The van der Waals surface area contributed by atoms with Gasteiger partial charge in [-0.25, -0.2) is 4.79 Å². The van der Waals surface area contributed by atoms with E-state index in [4.69, 9.17) is 4.74 Å². The van der Waals surface area contributed by atoms with E-state index in [1.54, 1.807) is 0 Å². The van der Waals surface area contributed by atoms with E-state index in [1.165, 1.54) is 32.8 Å². The number of allylic oxidation sites excluding steroid dienone is 1. The van der Waals surface area contributed by atoms with E-state index in [2.05, 4.69) is 34.6 Å². The second kappa shape index (κ2) is 6.92. The molecule has 0 bridgehead atoms.